The molecule has 0 aliphatic carbocycles. The zero-order valence-electron chi connectivity index (χ0n) is 16.3. The van der Waals surface area contributed by atoms with Crippen molar-refractivity contribution in [2.45, 2.75) is 31.3 Å². The van der Waals surface area contributed by atoms with Crippen LogP contribution in [0.15, 0.2) is 24.3 Å². The molecule has 1 aromatic carbocycles. The molecule has 1 fully saturated rings. The van der Waals surface area contributed by atoms with E-state index in [4.69, 9.17) is 26.0 Å². The average molecular weight is 413 g/mol. The van der Waals surface area contributed by atoms with E-state index in [1.807, 2.05) is 0 Å². The molecule has 1 amide bonds. The molecule has 4 rings (SSSR count). The van der Waals surface area contributed by atoms with E-state index in [0.717, 1.165) is 18.4 Å². The number of carbonyl (C=O) groups excluding carboxylic acids is 1. The summed E-state index contributed by atoms with van der Waals surface area (Å²) in [5.41, 5.74) is 12.3. The maximum atomic E-state index is 13.1. The molecule has 0 saturated carbocycles. The van der Waals surface area contributed by atoms with Crippen LogP contribution in [0.3, 0.4) is 0 Å². The van der Waals surface area contributed by atoms with Crippen molar-refractivity contribution in [1.29, 1.82) is 0 Å². The maximum absolute atomic E-state index is 13.1. The van der Waals surface area contributed by atoms with Gasteiger partial charge in [-0.3, -0.25) is 4.79 Å². The Labute approximate surface area is 172 Å². The molecule has 10 heteroatoms. The summed E-state index contributed by atoms with van der Waals surface area (Å²) >= 11 is 0. The Bertz CT molecular complexity index is 998. The van der Waals surface area contributed by atoms with Crippen LogP contribution in [0.4, 0.5) is 11.8 Å². The van der Waals surface area contributed by atoms with Crippen molar-refractivity contribution >= 4 is 23.6 Å². The molecular weight excluding hydrogens is 390 g/mol. The van der Waals surface area contributed by atoms with Crippen molar-refractivity contribution < 1.29 is 24.2 Å². The van der Waals surface area contributed by atoms with Gasteiger partial charge in [0.2, 0.25) is 11.8 Å². The van der Waals surface area contributed by atoms with Crippen molar-refractivity contribution in [3.63, 3.8) is 0 Å². The highest BCUT2D eigenvalue weighted by Crippen LogP contribution is 2.42. The number of hydrogen-bond acceptors (Lipinski definition) is 8. The molecule has 0 radical (unpaired) electrons. The number of benzene rings is 1. The molecule has 1 unspecified atom stereocenters. The second-order valence-corrected chi connectivity index (χ2v) is 7.54. The average Bonchev–Trinajstić information content (AvgIpc) is 2.94. The predicted octanol–water partition coefficient (Wildman–Crippen LogP) is 1.10. The first kappa shape index (κ1) is 19.7. The highest BCUT2D eigenvalue weighted by atomic mass is 16.5. The minimum atomic E-state index is -1.10. The molecule has 1 spiro atoms. The Morgan fingerprint density at radius 3 is 2.80 bits per heavy atom. The molecule has 2 aromatic rings. The minimum Gasteiger partial charge on any atom is -0.481 e. The first-order valence-electron chi connectivity index (χ1n) is 9.71. The van der Waals surface area contributed by atoms with Gasteiger partial charge in [-0.15, -0.1) is 0 Å². The Balaban J connectivity index is 1.49. The third-order valence-corrected chi connectivity index (χ3v) is 5.48. The number of fused-ring (bicyclic) bond motifs is 1. The number of carbonyl (C=O) groups is 2. The highest BCUT2D eigenvalue weighted by molar-refractivity contribution is 5.97. The lowest BCUT2D eigenvalue weighted by molar-refractivity contribution is -0.139. The zero-order valence-corrected chi connectivity index (χ0v) is 16.3. The lowest BCUT2D eigenvalue weighted by atomic mass is 9.90. The summed E-state index contributed by atoms with van der Waals surface area (Å²) < 4.78 is 11.4. The first-order chi connectivity index (χ1) is 14.4. The number of likely N-dealkylation sites (tertiary alicyclic amines) is 1. The van der Waals surface area contributed by atoms with E-state index in [1.165, 1.54) is 0 Å². The summed E-state index contributed by atoms with van der Waals surface area (Å²) in [6, 6.07) is 6.66. The van der Waals surface area contributed by atoms with E-state index in [9.17, 15) is 9.59 Å². The number of aromatic nitrogens is 2. The minimum absolute atomic E-state index is 0.0756. The van der Waals surface area contributed by atoms with E-state index in [2.05, 4.69) is 9.97 Å². The topological polar surface area (TPSA) is 154 Å². The largest absolute Gasteiger partial charge is 0.481 e. The highest BCUT2D eigenvalue weighted by Gasteiger charge is 2.43. The molecule has 1 aromatic heterocycles. The van der Waals surface area contributed by atoms with Crippen molar-refractivity contribution in [3.05, 3.63) is 35.4 Å². The molecule has 158 valence electrons. The van der Waals surface area contributed by atoms with E-state index in [0.29, 0.717) is 43.2 Å². The maximum Gasteiger partial charge on any atom is 0.341 e. The summed E-state index contributed by atoms with van der Waals surface area (Å²) in [5.74, 6) is -0.219. The Hall–Kier alpha value is -3.56. The van der Waals surface area contributed by atoms with Gasteiger partial charge in [0.25, 0.3) is 5.91 Å². The smallest absolute Gasteiger partial charge is 0.341 e. The van der Waals surface area contributed by atoms with Gasteiger partial charge in [0.05, 0.1) is 11.1 Å². The van der Waals surface area contributed by atoms with Gasteiger partial charge in [0.1, 0.15) is 17.2 Å². The van der Waals surface area contributed by atoms with Crippen LogP contribution in [-0.4, -0.2) is 57.1 Å². The van der Waals surface area contributed by atoms with Crippen LogP contribution in [0.25, 0.3) is 0 Å². The summed E-state index contributed by atoms with van der Waals surface area (Å²) in [7, 11) is 0. The standard InChI is InChI=1S/C20H23N5O5/c21-16-13-10-20(30-17(13)24-19(22)23-16)6-3-8-25(9-7-20)18(28)12-4-1-2-5-14(12)29-11-15(26)27/h1-2,4-5H,3,6-11H2,(H,26,27)(H4,21,22,23,24). The number of nitrogens with zero attached hydrogens (tertiary/aromatic N) is 3. The Morgan fingerprint density at radius 2 is 2.00 bits per heavy atom. The van der Waals surface area contributed by atoms with Crippen molar-refractivity contribution in [2.24, 2.45) is 0 Å². The molecule has 5 N–H and O–H groups in total. The number of anilines is 2. The summed E-state index contributed by atoms with van der Waals surface area (Å²) in [4.78, 5) is 33.9. The normalized spacial score (nSPS) is 20.3. The number of aliphatic carboxylic acids is 1. The van der Waals surface area contributed by atoms with E-state index >= 15 is 0 Å². The third kappa shape index (κ3) is 3.80. The third-order valence-electron chi connectivity index (χ3n) is 5.48. The number of nitrogens with two attached hydrogens (primary N) is 2. The first-order valence-corrected chi connectivity index (χ1v) is 9.71. The molecule has 2 aliphatic rings. The van der Waals surface area contributed by atoms with Crippen LogP contribution in [-0.2, 0) is 11.2 Å². The number of para-hydroxylation sites is 1. The number of hydrogen-bond donors (Lipinski definition) is 3. The number of carboxylic acid groups (broad SMARTS) is 1. The van der Waals surface area contributed by atoms with E-state index in [1.54, 1.807) is 29.2 Å². The molecule has 0 bridgehead atoms. The monoisotopic (exact) mass is 413 g/mol. The van der Waals surface area contributed by atoms with Gasteiger partial charge in [0.15, 0.2) is 6.61 Å². The van der Waals surface area contributed by atoms with Gasteiger partial charge in [-0.2, -0.15) is 9.97 Å². The number of nitrogen functional groups attached to an aromatic ring is 2. The van der Waals surface area contributed by atoms with Gasteiger partial charge >= 0.3 is 5.97 Å². The molecule has 1 atom stereocenters. The van der Waals surface area contributed by atoms with Crippen molar-refractivity contribution in [3.8, 4) is 11.6 Å². The van der Waals surface area contributed by atoms with Gasteiger partial charge in [-0.05, 0) is 25.0 Å². The second-order valence-electron chi connectivity index (χ2n) is 7.54. The van der Waals surface area contributed by atoms with Crippen LogP contribution < -0.4 is 20.9 Å². The summed E-state index contributed by atoms with van der Waals surface area (Å²) in [6.07, 6.45) is 2.66. The zero-order chi connectivity index (χ0) is 21.3. The lowest BCUT2D eigenvalue weighted by Crippen LogP contribution is -2.37. The fourth-order valence-corrected chi connectivity index (χ4v) is 4.04. The Kier molecular flexibility index (Phi) is 5.06. The predicted molar refractivity (Wildman–Crippen MR) is 107 cm³/mol. The molecule has 1 saturated heterocycles. The molecule has 2 aliphatic heterocycles. The van der Waals surface area contributed by atoms with Crippen LogP contribution in [0.2, 0.25) is 0 Å². The summed E-state index contributed by atoms with van der Waals surface area (Å²) in [6.45, 7) is 0.519. The molecular formula is C20H23N5O5. The number of ether oxygens (including phenoxy) is 2. The van der Waals surface area contributed by atoms with Crippen molar-refractivity contribution in [1.82, 2.24) is 14.9 Å². The van der Waals surface area contributed by atoms with Crippen LogP contribution >= 0.6 is 0 Å². The molecule has 3 heterocycles. The van der Waals surface area contributed by atoms with Gasteiger partial charge in [0, 0.05) is 25.9 Å². The molecule has 10 nitrogen and oxygen atoms in total. The number of amides is 1. The fourth-order valence-electron chi connectivity index (χ4n) is 4.04. The summed E-state index contributed by atoms with van der Waals surface area (Å²) in [5, 5.41) is 8.86. The second kappa shape index (κ2) is 7.69. The van der Waals surface area contributed by atoms with E-state index in [-0.39, 0.29) is 17.6 Å². The fraction of sp³-hybridized carbons (Fsp3) is 0.400. The number of carboxylic acids is 1. The van der Waals surface area contributed by atoms with Crippen LogP contribution in [0, 0.1) is 0 Å². The van der Waals surface area contributed by atoms with Crippen LogP contribution in [0.1, 0.15) is 35.2 Å². The quantitative estimate of drug-likeness (QED) is 0.668. The van der Waals surface area contributed by atoms with Crippen molar-refractivity contribution in [2.75, 3.05) is 31.2 Å². The van der Waals surface area contributed by atoms with Crippen LogP contribution in [0.5, 0.6) is 11.6 Å². The van der Waals surface area contributed by atoms with Gasteiger partial charge < -0.3 is 30.9 Å². The lowest BCUT2D eigenvalue weighted by Gasteiger charge is -2.27. The number of rotatable bonds is 4. The Morgan fingerprint density at radius 1 is 1.20 bits per heavy atom. The SMILES string of the molecule is Nc1nc(N)c2c(n1)OC1(CCCN(C(=O)c3ccccc3OCC(=O)O)CC1)C2. The van der Waals surface area contributed by atoms with E-state index < -0.39 is 18.2 Å². The van der Waals surface area contributed by atoms with Gasteiger partial charge in [-0.25, -0.2) is 4.79 Å². The molecule has 30 heavy (non-hydrogen) atoms. The van der Waals surface area contributed by atoms with Gasteiger partial charge in [-0.1, -0.05) is 12.1 Å².